The van der Waals surface area contributed by atoms with Crippen molar-refractivity contribution in [2.75, 3.05) is 4.43 Å². The zero-order valence-corrected chi connectivity index (χ0v) is 11.3. The van der Waals surface area contributed by atoms with Crippen LogP contribution in [0.4, 0.5) is 4.39 Å². The van der Waals surface area contributed by atoms with Crippen LogP contribution in [0.2, 0.25) is 0 Å². The van der Waals surface area contributed by atoms with Crippen molar-refractivity contribution in [2.45, 2.75) is 30.0 Å². The third kappa shape index (κ3) is 1.33. The zero-order chi connectivity index (χ0) is 13.1. The molecule has 1 aliphatic heterocycles. The minimum atomic E-state index is -1.95. The summed E-state index contributed by atoms with van der Waals surface area (Å²) >= 11 is 1.99. The van der Waals surface area contributed by atoms with Gasteiger partial charge in [-0.05, 0) is 0 Å². The Morgan fingerprint density at radius 3 is 2.94 bits per heavy atom. The Bertz CT molecular complexity index is 616. The van der Waals surface area contributed by atoms with E-state index in [1.54, 1.807) is 0 Å². The lowest BCUT2D eigenvalue weighted by Gasteiger charge is -2.18. The Hall–Kier alpha value is -0.740. The standard InChI is InChI=1S/C10H10FIN2O4/c11-9-4-10(9,18-5(3-12)7(9)16)14-2-1-6(15)13-8(14)17/h1-2,5,7,16H,3-4H2,(H,13,15,17)/t5-,7-,9-,10-/m1/s1. The summed E-state index contributed by atoms with van der Waals surface area (Å²) in [5, 5.41) is 9.84. The van der Waals surface area contributed by atoms with E-state index in [4.69, 9.17) is 4.74 Å². The maximum Gasteiger partial charge on any atom is 0.330 e. The van der Waals surface area contributed by atoms with Crippen molar-refractivity contribution in [3.05, 3.63) is 33.1 Å². The second-order valence-corrected chi connectivity index (χ2v) is 5.44. The maximum absolute atomic E-state index is 14.5. The van der Waals surface area contributed by atoms with Crippen molar-refractivity contribution < 1.29 is 14.2 Å². The number of nitrogens with one attached hydrogen (secondary N) is 1. The summed E-state index contributed by atoms with van der Waals surface area (Å²) in [6.07, 6.45) is -0.790. The predicted molar refractivity (Wildman–Crippen MR) is 67.5 cm³/mol. The number of hydrogen-bond acceptors (Lipinski definition) is 4. The third-order valence-corrected chi connectivity index (χ3v) is 4.42. The highest BCUT2D eigenvalue weighted by Gasteiger charge is 2.82. The van der Waals surface area contributed by atoms with Crippen LogP contribution in [-0.2, 0) is 10.5 Å². The van der Waals surface area contributed by atoms with Gasteiger partial charge in [-0.25, -0.2) is 9.18 Å². The van der Waals surface area contributed by atoms with E-state index in [9.17, 15) is 19.1 Å². The molecule has 6 nitrogen and oxygen atoms in total. The molecule has 1 aromatic heterocycles. The van der Waals surface area contributed by atoms with Crippen LogP contribution in [0, 0.1) is 0 Å². The van der Waals surface area contributed by atoms with Gasteiger partial charge >= 0.3 is 5.69 Å². The summed E-state index contributed by atoms with van der Waals surface area (Å²) in [5.41, 5.74) is -4.71. The number of aromatic amines is 1. The molecule has 0 unspecified atom stereocenters. The summed E-state index contributed by atoms with van der Waals surface area (Å²) < 4.78 is 21.4. The van der Waals surface area contributed by atoms with Crippen LogP contribution in [0.5, 0.6) is 0 Å². The van der Waals surface area contributed by atoms with Crippen LogP contribution in [0.15, 0.2) is 21.9 Å². The molecule has 1 aromatic rings. The Labute approximate surface area is 114 Å². The lowest BCUT2D eigenvalue weighted by atomic mass is 10.1. The molecule has 2 heterocycles. The van der Waals surface area contributed by atoms with E-state index in [0.717, 1.165) is 10.6 Å². The minimum absolute atomic E-state index is 0.0831. The van der Waals surface area contributed by atoms with E-state index in [1.165, 1.54) is 6.20 Å². The fourth-order valence-electron chi connectivity index (χ4n) is 2.55. The van der Waals surface area contributed by atoms with Gasteiger partial charge < -0.3 is 9.84 Å². The van der Waals surface area contributed by atoms with Gasteiger partial charge in [0.05, 0.1) is 6.10 Å². The number of aliphatic hydroxyl groups excluding tert-OH is 1. The van der Waals surface area contributed by atoms with Gasteiger partial charge in [-0.1, -0.05) is 22.6 Å². The molecule has 0 spiro atoms. The van der Waals surface area contributed by atoms with Gasteiger partial charge in [0.2, 0.25) is 0 Å². The first-order valence-electron chi connectivity index (χ1n) is 5.38. The van der Waals surface area contributed by atoms with Crippen LogP contribution < -0.4 is 11.2 Å². The van der Waals surface area contributed by atoms with Gasteiger partial charge in [-0.2, -0.15) is 0 Å². The van der Waals surface area contributed by atoms with Crippen LogP contribution in [0.3, 0.4) is 0 Å². The zero-order valence-electron chi connectivity index (χ0n) is 9.10. The van der Waals surface area contributed by atoms with E-state index in [-0.39, 0.29) is 6.42 Å². The number of fused-ring (bicyclic) bond motifs is 1. The highest BCUT2D eigenvalue weighted by atomic mass is 127. The number of rotatable bonds is 2. The molecule has 3 rings (SSSR count). The van der Waals surface area contributed by atoms with Gasteiger partial charge in [-0.3, -0.25) is 14.3 Å². The summed E-state index contributed by atoms with van der Waals surface area (Å²) in [4.78, 5) is 24.7. The van der Waals surface area contributed by atoms with Gasteiger partial charge in [0.1, 0.15) is 6.10 Å². The Morgan fingerprint density at radius 1 is 1.67 bits per heavy atom. The SMILES string of the molecule is O=c1ccn([C@@]23C[C@@]2(F)[C@H](O)[C@@H](CI)O3)c(=O)[nH]1. The molecule has 0 bridgehead atoms. The van der Waals surface area contributed by atoms with E-state index < -0.39 is 34.9 Å². The van der Waals surface area contributed by atoms with Gasteiger partial charge in [0.25, 0.3) is 5.56 Å². The molecule has 1 saturated heterocycles. The van der Waals surface area contributed by atoms with Crippen molar-refractivity contribution in [3.63, 3.8) is 0 Å². The predicted octanol–water partition coefficient (Wildman–Crippen LogP) is -0.504. The van der Waals surface area contributed by atoms with Crippen molar-refractivity contribution in [3.8, 4) is 0 Å². The van der Waals surface area contributed by atoms with Crippen molar-refractivity contribution >= 4 is 22.6 Å². The summed E-state index contributed by atoms with van der Waals surface area (Å²) in [6.45, 7) is 0. The largest absolute Gasteiger partial charge is 0.387 e. The number of nitrogens with zero attached hydrogens (tertiary/aromatic N) is 1. The van der Waals surface area contributed by atoms with Crippen molar-refractivity contribution in [1.82, 2.24) is 9.55 Å². The van der Waals surface area contributed by atoms with Crippen LogP contribution in [0.1, 0.15) is 6.42 Å². The first-order chi connectivity index (χ1) is 8.44. The second kappa shape index (κ2) is 3.64. The summed E-state index contributed by atoms with van der Waals surface area (Å²) in [6, 6.07) is 1.13. The van der Waals surface area contributed by atoms with E-state index >= 15 is 0 Å². The molecule has 0 radical (unpaired) electrons. The molecule has 2 aliphatic rings. The fourth-order valence-corrected chi connectivity index (χ4v) is 3.21. The molecular formula is C10H10FIN2O4. The molecule has 0 amide bonds. The molecule has 8 heteroatoms. The molecular weight excluding hydrogens is 358 g/mol. The number of hydrogen-bond donors (Lipinski definition) is 2. The van der Waals surface area contributed by atoms with Crippen LogP contribution in [-0.4, -0.2) is 37.0 Å². The number of aromatic nitrogens is 2. The lowest BCUT2D eigenvalue weighted by molar-refractivity contribution is -0.0572. The average molecular weight is 368 g/mol. The highest BCUT2D eigenvalue weighted by Crippen LogP contribution is 2.65. The normalized spacial score (nSPS) is 41.7. The number of ether oxygens (including phenoxy) is 1. The molecule has 0 aromatic carbocycles. The quantitative estimate of drug-likeness (QED) is 0.545. The van der Waals surface area contributed by atoms with Crippen LogP contribution >= 0.6 is 22.6 Å². The summed E-state index contributed by atoms with van der Waals surface area (Å²) in [5.74, 6) is 0. The van der Waals surface area contributed by atoms with E-state index in [1.807, 2.05) is 22.6 Å². The topological polar surface area (TPSA) is 84.3 Å². The Kier molecular flexibility index (Phi) is 2.49. The molecule has 1 aliphatic carbocycles. The smallest absolute Gasteiger partial charge is 0.330 e. The maximum atomic E-state index is 14.5. The Balaban J connectivity index is 2.09. The molecule has 4 atom stereocenters. The number of halogens is 2. The van der Waals surface area contributed by atoms with Crippen molar-refractivity contribution in [2.24, 2.45) is 0 Å². The molecule has 18 heavy (non-hydrogen) atoms. The van der Waals surface area contributed by atoms with Crippen LogP contribution in [0.25, 0.3) is 0 Å². The monoisotopic (exact) mass is 368 g/mol. The fraction of sp³-hybridized carbons (Fsp3) is 0.600. The third-order valence-electron chi connectivity index (χ3n) is 3.55. The Morgan fingerprint density at radius 2 is 2.39 bits per heavy atom. The molecule has 1 saturated carbocycles. The van der Waals surface area contributed by atoms with E-state index in [0.29, 0.717) is 4.43 Å². The molecule has 98 valence electrons. The number of alkyl halides is 2. The van der Waals surface area contributed by atoms with Gasteiger partial charge in [0, 0.05) is 23.1 Å². The second-order valence-electron chi connectivity index (χ2n) is 4.56. The number of aliphatic hydroxyl groups is 1. The highest BCUT2D eigenvalue weighted by molar-refractivity contribution is 14.1. The van der Waals surface area contributed by atoms with Crippen molar-refractivity contribution in [1.29, 1.82) is 0 Å². The summed E-state index contributed by atoms with van der Waals surface area (Å²) in [7, 11) is 0. The number of H-pyrrole nitrogens is 1. The molecule has 2 N–H and O–H groups in total. The average Bonchev–Trinajstić information content (AvgIpc) is 2.86. The first-order valence-corrected chi connectivity index (χ1v) is 6.90. The van der Waals surface area contributed by atoms with Gasteiger partial charge in [0.15, 0.2) is 11.4 Å². The minimum Gasteiger partial charge on any atom is -0.387 e. The molecule has 2 fully saturated rings. The lowest BCUT2D eigenvalue weighted by Crippen LogP contribution is -2.39. The van der Waals surface area contributed by atoms with E-state index in [2.05, 4.69) is 4.98 Å². The first kappa shape index (κ1) is 12.3. The van der Waals surface area contributed by atoms with Gasteiger partial charge in [-0.15, -0.1) is 0 Å².